The smallest absolute Gasteiger partial charge is 0.457 e. The summed E-state index contributed by atoms with van der Waals surface area (Å²) in [5.41, 5.74) is 0.445. The van der Waals surface area contributed by atoms with Crippen molar-refractivity contribution in [1.82, 2.24) is 0 Å². The lowest BCUT2D eigenvalue weighted by Crippen LogP contribution is -2.29. The summed E-state index contributed by atoms with van der Waals surface area (Å²) in [7, 11) is -1.44. The molecule has 2 rings (SSSR count). The van der Waals surface area contributed by atoms with Crippen LogP contribution in [0.2, 0.25) is 0 Å². The van der Waals surface area contributed by atoms with E-state index in [2.05, 4.69) is 0 Å². The zero-order chi connectivity index (χ0) is 14.1. The second-order valence-electron chi connectivity index (χ2n) is 3.47. The highest BCUT2D eigenvalue weighted by molar-refractivity contribution is 6.58. The molecule has 0 spiro atoms. The Kier molecular flexibility index (Phi) is 6.70. The van der Waals surface area contributed by atoms with Gasteiger partial charge in [-0.2, -0.15) is 0 Å². The summed E-state index contributed by atoms with van der Waals surface area (Å²) < 4.78 is 5.55. The average Bonchev–Trinajstić information content (AvgIpc) is 2.41. The van der Waals surface area contributed by atoms with Crippen molar-refractivity contribution >= 4 is 20.3 Å². The molecule has 4 N–H and O–H groups in total. The maximum Gasteiger partial charge on any atom is 0.488 e. The van der Waals surface area contributed by atoms with Crippen molar-refractivity contribution in [3.05, 3.63) is 54.6 Å². The first-order valence-electron chi connectivity index (χ1n) is 5.46. The second kappa shape index (κ2) is 8.34. The van der Waals surface area contributed by atoms with Gasteiger partial charge in [0, 0.05) is 0 Å². The van der Waals surface area contributed by atoms with Gasteiger partial charge >= 0.3 is 14.8 Å². The largest absolute Gasteiger partial charge is 0.488 e. The van der Waals surface area contributed by atoms with Gasteiger partial charge in [-0.3, -0.25) is 0 Å². The van der Waals surface area contributed by atoms with Gasteiger partial charge in [0.2, 0.25) is 0 Å². The Morgan fingerprint density at radius 3 is 1.74 bits per heavy atom. The molecular formula is C12H13B2O5. The zero-order valence-electron chi connectivity index (χ0n) is 10.0. The van der Waals surface area contributed by atoms with E-state index >= 15 is 0 Å². The number of ether oxygens (including phenoxy) is 1. The van der Waals surface area contributed by atoms with Crippen LogP contribution in [0.3, 0.4) is 0 Å². The molecule has 0 aromatic heterocycles. The lowest BCUT2D eigenvalue weighted by molar-refractivity contribution is 0.425. The summed E-state index contributed by atoms with van der Waals surface area (Å²) in [5.74, 6) is 1.41. The Balaban J connectivity index is 0.000000550. The maximum atomic E-state index is 8.92. The van der Waals surface area contributed by atoms with Crippen molar-refractivity contribution in [3.63, 3.8) is 0 Å². The van der Waals surface area contributed by atoms with E-state index in [1.807, 2.05) is 30.3 Å². The molecule has 0 bridgehead atoms. The normalized spacial score (nSPS) is 9.05. The molecule has 0 aliphatic rings. The van der Waals surface area contributed by atoms with Crippen molar-refractivity contribution in [2.45, 2.75) is 0 Å². The van der Waals surface area contributed by atoms with Gasteiger partial charge in [-0.25, -0.2) is 0 Å². The molecule has 7 heteroatoms. The fourth-order valence-corrected chi connectivity index (χ4v) is 1.33. The molecule has 0 fully saturated rings. The SMILES string of the molecule is OB(O)c1ccc(Oc2ccccc2)cc1.O[B]O. The van der Waals surface area contributed by atoms with Gasteiger partial charge in [-0.15, -0.1) is 0 Å². The van der Waals surface area contributed by atoms with E-state index in [9.17, 15) is 0 Å². The molecule has 0 aliphatic heterocycles. The molecule has 2 aromatic carbocycles. The van der Waals surface area contributed by atoms with Crippen LogP contribution in [0.5, 0.6) is 11.5 Å². The molecule has 0 saturated carbocycles. The highest BCUT2D eigenvalue weighted by Crippen LogP contribution is 2.19. The predicted octanol–water partition coefficient (Wildman–Crippen LogP) is -0.336. The number of hydrogen-bond acceptors (Lipinski definition) is 5. The van der Waals surface area contributed by atoms with Crippen LogP contribution in [-0.4, -0.2) is 34.9 Å². The Bertz CT molecular complexity index is 461. The molecule has 0 aliphatic carbocycles. The number of hydrogen-bond donors (Lipinski definition) is 4. The third kappa shape index (κ3) is 5.58. The Morgan fingerprint density at radius 1 is 0.789 bits per heavy atom. The molecule has 0 unspecified atom stereocenters. The average molecular weight is 259 g/mol. The predicted molar refractivity (Wildman–Crippen MR) is 73.0 cm³/mol. The van der Waals surface area contributed by atoms with Crippen molar-refractivity contribution in [2.75, 3.05) is 0 Å². The van der Waals surface area contributed by atoms with Gasteiger partial charge in [0.25, 0.3) is 0 Å². The molecule has 0 atom stereocenters. The second-order valence-corrected chi connectivity index (χ2v) is 3.47. The topological polar surface area (TPSA) is 90.2 Å². The Morgan fingerprint density at radius 2 is 1.26 bits per heavy atom. The fraction of sp³-hybridized carbons (Fsp3) is 0. The van der Waals surface area contributed by atoms with Crippen LogP contribution in [0.1, 0.15) is 0 Å². The van der Waals surface area contributed by atoms with E-state index in [-0.39, 0.29) is 7.69 Å². The first-order valence-corrected chi connectivity index (χ1v) is 5.46. The van der Waals surface area contributed by atoms with Crippen molar-refractivity contribution in [1.29, 1.82) is 0 Å². The Hall–Kier alpha value is -1.79. The van der Waals surface area contributed by atoms with Crippen LogP contribution >= 0.6 is 0 Å². The van der Waals surface area contributed by atoms with E-state index < -0.39 is 7.12 Å². The minimum atomic E-state index is -1.44. The van der Waals surface area contributed by atoms with Crippen molar-refractivity contribution in [3.8, 4) is 11.5 Å². The monoisotopic (exact) mass is 259 g/mol. The first kappa shape index (κ1) is 15.3. The third-order valence-electron chi connectivity index (χ3n) is 2.16. The molecule has 5 nitrogen and oxygen atoms in total. The summed E-state index contributed by atoms with van der Waals surface area (Å²) in [4.78, 5) is 0. The van der Waals surface area contributed by atoms with Gasteiger partial charge in [-0.05, 0) is 29.7 Å². The van der Waals surface area contributed by atoms with Crippen LogP contribution in [0.15, 0.2) is 54.6 Å². The van der Waals surface area contributed by atoms with Crippen LogP contribution in [0.25, 0.3) is 0 Å². The van der Waals surface area contributed by atoms with Crippen molar-refractivity contribution in [2.24, 2.45) is 0 Å². The van der Waals surface area contributed by atoms with E-state index in [1.165, 1.54) is 0 Å². The quantitative estimate of drug-likeness (QED) is 0.566. The van der Waals surface area contributed by atoms with E-state index in [0.29, 0.717) is 11.2 Å². The summed E-state index contributed by atoms with van der Waals surface area (Å²) >= 11 is 0. The van der Waals surface area contributed by atoms with Gasteiger partial charge in [0.05, 0.1) is 0 Å². The molecular weight excluding hydrogens is 246 g/mol. The molecule has 0 amide bonds. The fourth-order valence-electron chi connectivity index (χ4n) is 1.33. The van der Waals surface area contributed by atoms with E-state index in [1.54, 1.807) is 24.3 Å². The number of rotatable bonds is 3. The number of benzene rings is 2. The minimum absolute atomic E-state index is 0. The lowest BCUT2D eigenvalue weighted by atomic mass is 9.80. The molecule has 97 valence electrons. The molecule has 0 saturated heterocycles. The van der Waals surface area contributed by atoms with Gasteiger partial charge < -0.3 is 24.8 Å². The molecule has 1 radical (unpaired) electrons. The standard InChI is InChI=1S/C12H11BO3.BH2O2/c14-13(15)10-6-8-12(9-7-10)16-11-4-2-1-3-5-11;2-1-3/h1-9,14-15H;2-3H. The summed E-state index contributed by atoms with van der Waals surface area (Å²) in [5, 5.41) is 31.8. The minimum Gasteiger partial charge on any atom is -0.457 e. The van der Waals surface area contributed by atoms with Gasteiger partial charge in [-0.1, -0.05) is 30.3 Å². The highest BCUT2D eigenvalue weighted by atomic mass is 16.5. The highest BCUT2D eigenvalue weighted by Gasteiger charge is 2.09. The summed E-state index contributed by atoms with van der Waals surface area (Å²) in [6.45, 7) is 0. The molecule has 0 heterocycles. The summed E-state index contributed by atoms with van der Waals surface area (Å²) in [6, 6.07) is 16.0. The number of para-hydroxylation sites is 1. The zero-order valence-corrected chi connectivity index (χ0v) is 10.0. The van der Waals surface area contributed by atoms with Crippen LogP contribution in [0.4, 0.5) is 0 Å². The van der Waals surface area contributed by atoms with Crippen LogP contribution in [-0.2, 0) is 0 Å². The third-order valence-corrected chi connectivity index (χ3v) is 2.16. The van der Waals surface area contributed by atoms with E-state index in [4.69, 9.17) is 24.8 Å². The first-order chi connectivity index (χ1) is 9.17. The van der Waals surface area contributed by atoms with E-state index in [0.717, 1.165) is 5.75 Å². The van der Waals surface area contributed by atoms with Crippen LogP contribution in [0, 0.1) is 0 Å². The molecule has 19 heavy (non-hydrogen) atoms. The Labute approximate surface area is 112 Å². The lowest BCUT2D eigenvalue weighted by Gasteiger charge is -2.06. The van der Waals surface area contributed by atoms with Crippen LogP contribution < -0.4 is 10.2 Å². The van der Waals surface area contributed by atoms with Crippen molar-refractivity contribution < 1.29 is 24.8 Å². The van der Waals surface area contributed by atoms with Gasteiger partial charge in [0.15, 0.2) is 0 Å². The molecule has 2 aromatic rings. The maximum absolute atomic E-state index is 8.92. The van der Waals surface area contributed by atoms with Gasteiger partial charge in [0.1, 0.15) is 11.5 Å². The summed E-state index contributed by atoms with van der Waals surface area (Å²) in [6.07, 6.45) is 0.